The van der Waals surface area contributed by atoms with Gasteiger partial charge < -0.3 is 9.84 Å². The fraction of sp³-hybridized carbons (Fsp3) is 0.250. The van der Waals surface area contributed by atoms with Crippen molar-refractivity contribution in [3.05, 3.63) is 69.8 Å². The van der Waals surface area contributed by atoms with E-state index < -0.39 is 11.0 Å². The Hall–Kier alpha value is -2.40. The number of benzene rings is 2. The fourth-order valence-electron chi connectivity index (χ4n) is 2.07. The third-order valence-corrected chi connectivity index (χ3v) is 3.24. The van der Waals surface area contributed by atoms with E-state index in [4.69, 9.17) is 4.74 Å². The second-order valence-electron chi connectivity index (χ2n) is 4.64. The maximum absolute atomic E-state index is 11.0. The van der Waals surface area contributed by atoms with Crippen molar-refractivity contribution < 1.29 is 14.8 Å². The summed E-state index contributed by atoms with van der Waals surface area (Å²) in [4.78, 5) is 10.5. The number of hydrogen-bond donors (Lipinski definition) is 1. The van der Waals surface area contributed by atoms with Gasteiger partial charge in [0, 0.05) is 11.6 Å². The molecule has 0 spiro atoms. The number of nitro benzene ring substituents is 1. The molecule has 0 saturated carbocycles. The zero-order valence-corrected chi connectivity index (χ0v) is 11.7. The predicted octanol–water partition coefficient (Wildman–Crippen LogP) is 3.62. The molecule has 21 heavy (non-hydrogen) atoms. The van der Waals surface area contributed by atoms with E-state index in [2.05, 4.69) is 0 Å². The molecule has 5 nitrogen and oxygen atoms in total. The van der Waals surface area contributed by atoms with Crippen LogP contribution in [-0.4, -0.2) is 10.0 Å². The first-order valence-corrected chi connectivity index (χ1v) is 6.75. The molecule has 2 aromatic rings. The van der Waals surface area contributed by atoms with Crippen molar-refractivity contribution in [3.8, 4) is 5.75 Å². The number of hydrogen-bond acceptors (Lipinski definition) is 4. The number of aliphatic hydroxyl groups excluding tert-OH is 1. The van der Waals surface area contributed by atoms with Gasteiger partial charge in [-0.05, 0) is 18.6 Å². The van der Waals surface area contributed by atoms with Gasteiger partial charge in [-0.25, -0.2) is 0 Å². The third-order valence-electron chi connectivity index (χ3n) is 3.24. The molecule has 0 bridgehead atoms. The van der Waals surface area contributed by atoms with Crippen molar-refractivity contribution in [3.63, 3.8) is 0 Å². The Bertz CT molecular complexity index is 627. The van der Waals surface area contributed by atoms with Gasteiger partial charge in [0.2, 0.25) is 0 Å². The van der Waals surface area contributed by atoms with Crippen molar-refractivity contribution in [2.24, 2.45) is 0 Å². The lowest BCUT2D eigenvalue weighted by Crippen LogP contribution is -2.04. The number of ether oxygens (including phenoxy) is 1. The van der Waals surface area contributed by atoms with E-state index in [1.165, 1.54) is 6.07 Å². The van der Waals surface area contributed by atoms with Gasteiger partial charge in [-0.3, -0.25) is 10.1 Å². The Labute approximate surface area is 123 Å². The lowest BCUT2D eigenvalue weighted by Gasteiger charge is -2.15. The first-order chi connectivity index (χ1) is 10.1. The second-order valence-corrected chi connectivity index (χ2v) is 4.64. The van der Waals surface area contributed by atoms with Crippen LogP contribution in [0.25, 0.3) is 0 Å². The molecule has 1 atom stereocenters. The van der Waals surface area contributed by atoms with Crippen LogP contribution in [0, 0.1) is 10.1 Å². The van der Waals surface area contributed by atoms with E-state index >= 15 is 0 Å². The first-order valence-electron chi connectivity index (χ1n) is 6.75. The van der Waals surface area contributed by atoms with Crippen LogP contribution in [0.3, 0.4) is 0 Å². The van der Waals surface area contributed by atoms with Crippen LogP contribution in [0.4, 0.5) is 5.69 Å². The van der Waals surface area contributed by atoms with Crippen molar-refractivity contribution in [2.75, 3.05) is 0 Å². The molecule has 0 heterocycles. The van der Waals surface area contributed by atoms with Crippen LogP contribution in [0.2, 0.25) is 0 Å². The minimum Gasteiger partial charge on any atom is -0.488 e. The Morgan fingerprint density at radius 3 is 2.57 bits per heavy atom. The molecule has 2 aromatic carbocycles. The molecule has 0 aliphatic heterocycles. The van der Waals surface area contributed by atoms with Crippen LogP contribution >= 0.6 is 0 Å². The molecule has 0 aromatic heterocycles. The van der Waals surface area contributed by atoms with Crippen molar-refractivity contribution in [1.29, 1.82) is 0 Å². The summed E-state index contributed by atoms with van der Waals surface area (Å²) in [5, 5.41) is 20.9. The summed E-state index contributed by atoms with van der Waals surface area (Å²) in [7, 11) is 0. The molecular weight excluding hydrogens is 270 g/mol. The van der Waals surface area contributed by atoms with E-state index in [9.17, 15) is 15.2 Å². The molecule has 0 amide bonds. The number of nitro groups is 1. The fourth-order valence-corrected chi connectivity index (χ4v) is 2.07. The Morgan fingerprint density at radius 1 is 1.19 bits per heavy atom. The van der Waals surface area contributed by atoms with Crippen LogP contribution in [0.5, 0.6) is 5.75 Å². The molecule has 2 rings (SSSR count). The minimum absolute atomic E-state index is 0.0334. The van der Waals surface area contributed by atoms with Crippen LogP contribution in [-0.2, 0) is 6.61 Å². The van der Waals surface area contributed by atoms with Crippen molar-refractivity contribution in [1.82, 2.24) is 0 Å². The van der Waals surface area contributed by atoms with Gasteiger partial charge in [0.05, 0.1) is 16.6 Å². The Kier molecular flexibility index (Phi) is 4.90. The number of nitrogens with zero attached hydrogens (tertiary/aromatic N) is 1. The molecule has 110 valence electrons. The van der Waals surface area contributed by atoms with E-state index in [-0.39, 0.29) is 12.3 Å². The van der Waals surface area contributed by atoms with Crippen LogP contribution in [0.1, 0.15) is 30.6 Å². The maximum Gasteiger partial charge on any atom is 0.276 e. The highest BCUT2D eigenvalue weighted by molar-refractivity contribution is 5.40. The van der Waals surface area contributed by atoms with Gasteiger partial charge in [-0.2, -0.15) is 0 Å². The van der Waals surface area contributed by atoms with Crippen LogP contribution < -0.4 is 4.74 Å². The van der Waals surface area contributed by atoms with Gasteiger partial charge >= 0.3 is 0 Å². The molecule has 0 fully saturated rings. The topological polar surface area (TPSA) is 72.6 Å². The van der Waals surface area contributed by atoms with Crippen molar-refractivity contribution >= 4 is 5.69 Å². The summed E-state index contributed by atoms with van der Waals surface area (Å²) in [5.74, 6) is 0.546. The molecule has 0 radical (unpaired) electrons. The highest BCUT2D eigenvalue weighted by Crippen LogP contribution is 2.28. The van der Waals surface area contributed by atoms with Gasteiger partial charge in [0.25, 0.3) is 5.69 Å². The van der Waals surface area contributed by atoms with E-state index in [0.717, 1.165) is 0 Å². The molecule has 1 N–H and O–H groups in total. The molecule has 0 aliphatic carbocycles. The van der Waals surface area contributed by atoms with Gasteiger partial charge in [0.15, 0.2) is 0 Å². The monoisotopic (exact) mass is 287 g/mol. The number of para-hydroxylation sites is 2. The van der Waals surface area contributed by atoms with Gasteiger partial charge in [-0.1, -0.05) is 37.3 Å². The highest BCUT2D eigenvalue weighted by Gasteiger charge is 2.15. The smallest absolute Gasteiger partial charge is 0.276 e. The summed E-state index contributed by atoms with van der Waals surface area (Å²) in [6.07, 6.45) is -0.0294. The molecule has 5 heteroatoms. The Morgan fingerprint density at radius 2 is 1.86 bits per heavy atom. The predicted molar refractivity (Wildman–Crippen MR) is 79.1 cm³/mol. The van der Waals surface area contributed by atoms with E-state index in [1.54, 1.807) is 36.4 Å². The van der Waals surface area contributed by atoms with E-state index in [1.807, 2.05) is 13.0 Å². The zero-order chi connectivity index (χ0) is 15.2. The first kappa shape index (κ1) is 15.0. The third kappa shape index (κ3) is 3.58. The largest absolute Gasteiger partial charge is 0.488 e. The SMILES string of the molecule is CC[C@@H](O)c1ccccc1OCc1ccccc1[N+](=O)[O-]. The molecule has 0 aliphatic rings. The van der Waals surface area contributed by atoms with E-state index in [0.29, 0.717) is 23.3 Å². The molecule has 0 unspecified atom stereocenters. The van der Waals surface area contributed by atoms with Gasteiger partial charge in [0.1, 0.15) is 12.4 Å². The standard InChI is InChI=1S/C16H17NO4/c1-2-15(18)13-8-4-6-10-16(13)21-11-12-7-3-5-9-14(12)17(19)20/h3-10,15,18H,2,11H2,1H3/t15-/m1/s1. The van der Waals surface area contributed by atoms with Crippen LogP contribution in [0.15, 0.2) is 48.5 Å². The summed E-state index contributed by atoms with van der Waals surface area (Å²) in [5.41, 5.74) is 1.23. The minimum atomic E-state index is -0.605. The highest BCUT2D eigenvalue weighted by atomic mass is 16.6. The maximum atomic E-state index is 11.0. The van der Waals surface area contributed by atoms with Gasteiger partial charge in [-0.15, -0.1) is 0 Å². The van der Waals surface area contributed by atoms with Crippen molar-refractivity contribution in [2.45, 2.75) is 26.1 Å². The average molecular weight is 287 g/mol. The number of aliphatic hydroxyl groups is 1. The lowest BCUT2D eigenvalue weighted by atomic mass is 10.1. The molecule has 0 saturated heterocycles. The Balaban J connectivity index is 2.19. The quantitative estimate of drug-likeness (QED) is 0.650. The summed E-state index contributed by atoms with van der Waals surface area (Å²) in [6.45, 7) is 1.97. The molecular formula is C16H17NO4. The summed E-state index contributed by atoms with van der Waals surface area (Å²) in [6, 6.07) is 13.6. The zero-order valence-electron chi connectivity index (χ0n) is 11.7. The summed E-state index contributed by atoms with van der Waals surface area (Å²) < 4.78 is 5.67. The normalized spacial score (nSPS) is 11.9. The second kappa shape index (κ2) is 6.85. The average Bonchev–Trinajstić information content (AvgIpc) is 2.52. The number of rotatable bonds is 6. The lowest BCUT2D eigenvalue weighted by molar-refractivity contribution is -0.385. The summed E-state index contributed by atoms with van der Waals surface area (Å²) >= 11 is 0.